The number of amides is 1. The van der Waals surface area contributed by atoms with Crippen molar-refractivity contribution in [2.75, 3.05) is 11.9 Å². The molecule has 2 aromatic rings. The van der Waals surface area contributed by atoms with Crippen molar-refractivity contribution >= 4 is 23.2 Å². The Balaban J connectivity index is 1.67. The van der Waals surface area contributed by atoms with E-state index in [1.54, 1.807) is 12.1 Å². The average molecular weight is 363 g/mol. The van der Waals surface area contributed by atoms with Crippen molar-refractivity contribution in [1.29, 1.82) is 0 Å². The second-order valence-electron chi connectivity index (χ2n) is 6.23. The summed E-state index contributed by atoms with van der Waals surface area (Å²) in [5.41, 5.74) is 0.825. The lowest BCUT2D eigenvalue weighted by atomic mass is 10.0. The lowest BCUT2D eigenvalue weighted by molar-refractivity contribution is 0.102. The van der Waals surface area contributed by atoms with Crippen LogP contribution >= 0.6 is 11.6 Å². The molecule has 0 aliphatic carbocycles. The molecule has 2 N–H and O–H groups in total. The first-order valence-electron chi connectivity index (χ1n) is 8.28. The van der Waals surface area contributed by atoms with Gasteiger partial charge in [-0.05, 0) is 56.6 Å². The van der Waals surface area contributed by atoms with Crippen LogP contribution in [0.4, 0.5) is 10.1 Å². The molecule has 132 valence electrons. The SMILES string of the molecule is C[C@H]1C[C@H](Oc2cccc(NC(=O)c3ccc(F)cc3Cl)c2)CCN1. The topological polar surface area (TPSA) is 50.4 Å². The van der Waals surface area contributed by atoms with Gasteiger partial charge in [-0.15, -0.1) is 0 Å². The molecule has 2 aromatic carbocycles. The summed E-state index contributed by atoms with van der Waals surface area (Å²) in [4.78, 5) is 12.3. The van der Waals surface area contributed by atoms with Crippen LogP contribution in [0, 0.1) is 5.82 Å². The second kappa shape index (κ2) is 7.85. The molecule has 0 saturated carbocycles. The number of carbonyl (C=O) groups excluding carboxylic acids is 1. The van der Waals surface area contributed by atoms with Gasteiger partial charge >= 0.3 is 0 Å². The highest BCUT2D eigenvalue weighted by Gasteiger charge is 2.20. The summed E-state index contributed by atoms with van der Waals surface area (Å²) >= 11 is 5.93. The van der Waals surface area contributed by atoms with E-state index in [9.17, 15) is 9.18 Å². The molecule has 1 saturated heterocycles. The van der Waals surface area contributed by atoms with E-state index < -0.39 is 11.7 Å². The van der Waals surface area contributed by atoms with Gasteiger partial charge in [0.05, 0.1) is 10.6 Å². The van der Waals surface area contributed by atoms with E-state index in [0.29, 0.717) is 17.5 Å². The van der Waals surface area contributed by atoms with Crippen LogP contribution in [0.2, 0.25) is 5.02 Å². The summed E-state index contributed by atoms with van der Waals surface area (Å²) in [5.74, 6) is -0.159. The normalized spacial score (nSPS) is 20.1. The van der Waals surface area contributed by atoms with Gasteiger partial charge in [0.15, 0.2) is 0 Å². The van der Waals surface area contributed by atoms with Crippen LogP contribution in [0.5, 0.6) is 5.75 Å². The summed E-state index contributed by atoms with van der Waals surface area (Å²) in [6, 6.07) is 11.4. The van der Waals surface area contributed by atoms with E-state index in [4.69, 9.17) is 16.3 Å². The zero-order valence-electron chi connectivity index (χ0n) is 13.9. The van der Waals surface area contributed by atoms with Gasteiger partial charge in [-0.2, -0.15) is 0 Å². The van der Waals surface area contributed by atoms with Gasteiger partial charge < -0.3 is 15.4 Å². The van der Waals surface area contributed by atoms with E-state index in [0.717, 1.165) is 25.5 Å². The van der Waals surface area contributed by atoms with Crippen molar-refractivity contribution in [3.63, 3.8) is 0 Å². The van der Waals surface area contributed by atoms with E-state index in [-0.39, 0.29) is 16.7 Å². The minimum atomic E-state index is -0.479. The first-order valence-corrected chi connectivity index (χ1v) is 8.65. The number of ether oxygens (including phenoxy) is 1. The lowest BCUT2D eigenvalue weighted by Gasteiger charge is -2.28. The molecule has 6 heteroatoms. The standard InChI is InChI=1S/C19H20ClFN2O2/c1-12-9-16(7-8-22-12)25-15-4-2-3-14(11-15)23-19(24)17-6-5-13(21)10-18(17)20/h2-6,10-12,16,22H,7-9H2,1H3,(H,23,24)/t12-,16+/m0/s1. The van der Waals surface area contributed by atoms with Gasteiger partial charge in [-0.1, -0.05) is 17.7 Å². The minimum absolute atomic E-state index is 0.0774. The van der Waals surface area contributed by atoms with Crippen LogP contribution in [0.1, 0.15) is 30.1 Å². The number of piperidine rings is 1. The number of hydrogen-bond acceptors (Lipinski definition) is 3. The minimum Gasteiger partial charge on any atom is -0.490 e. The number of carbonyl (C=O) groups is 1. The fraction of sp³-hybridized carbons (Fsp3) is 0.316. The number of benzene rings is 2. The Labute approximate surface area is 151 Å². The maximum absolute atomic E-state index is 13.1. The summed E-state index contributed by atoms with van der Waals surface area (Å²) in [6.07, 6.45) is 2.06. The largest absolute Gasteiger partial charge is 0.490 e. The van der Waals surface area contributed by atoms with Gasteiger partial charge in [0, 0.05) is 17.8 Å². The molecule has 4 nitrogen and oxygen atoms in total. The molecular weight excluding hydrogens is 343 g/mol. The molecule has 1 aliphatic heterocycles. The fourth-order valence-electron chi connectivity index (χ4n) is 2.90. The smallest absolute Gasteiger partial charge is 0.257 e. The van der Waals surface area contributed by atoms with Crippen LogP contribution < -0.4 is 15.4 Å². The molecule has 2 atom stereocenters. The Morgan fingerprint density at radius 1 is 1.32 bits per heavy atom. The molecule has 1 fully saturated rings. The van der Waals surface area contributed by atoms with Crippen molar-refractivity contribution in [1.82, 2.24) is 5.32 Å². The molecule has 0 bridgehead atoms. The maximum atomic E-state index is 13.1. The highest BCUT2D eigenvalue weighted by atomic mass is 35.5. The molecule has 0 radical (unpaired) electrons. The average Bonchev–Trinajstić information content (AvgIpc) is 2.55. The summed E-state index contributed by atoms with van der Waals surface area (Å²) in [5, 5.41) is 6.23. The van der Waals surface area contributed by atoms with Crippen LogP contribution in [-0.4, -0.2) is 24.6 Å². The van der Waals surface area contributed by atoms with E-state index in [1.807, 2.05) is 12.1 Å². The predicted octanol–water partition coefficient (Wildman–Crippen LogP) is 4.25. The third-order valence-electron chi connectivity index (χ3n) is 4.15. The van der Waals surface area contributed by atoms with Crippen molar-refractivity contribution in [2.45, 2.75) is 31.9 Å². The number of rotatable bonds is 4. The Morgan fingerprint density at radius 3 is 2.92 bits per heavy atom. The van der Waals surface area contributed by atoms with Gasteiger partial charge in [0.2, 0.25) is 0 Å². The van der Waals surface area contributed by atoms with Crippen molar-refractivity contribution < 1.29 is 13.9 Å². The quantitative estimate of drug-likeness (QED) is 0.854. The molecule has 0 unspecified atom stereocenters. The molecule has 3 rings (SSSR count). The van der Waals surface area contributed by atoms with Crippen LogP contribution in [0.3, 0.4) is 0 Å². The number of hydrogen-bond donors (Lipinski definition) is 2. The number of nitrogens with one attached hydrogen (secondary N) is 2. The molecule has 1 heterocycles. The molecular formula is C19H20ClFN2O2. The maximum Gasteiger partial charge on any atom is 0.257 e. The number of anilines is 1. The molecule has 0 aromatic heterocycles. The Morgan fingerprint density at radius 2 is 2.16 bits per heavy atom. The summed E-state index contributed by atoms with van der Waals surface area (Å²) < 4.78 is 19.1. The monoisotopic (exact) mass is 362 g/mol. The van der Waals surface area contributed by atoms with Gasteiger partial charge in [0.25, 0.3) is 5.91 Å². The highest BCUT2D eigenvalue weighted by molar-refractivity contribution is 6.34. The van der Waals surface area contributed by atoms with E-state index in [1.165, 1.54) is 12.1 Å². The predicted molar refractivity (Wildman–Crippen MR) is 96.9 cm³/mol. The summed E-state index contributed by atoms with van der Waals surface area (Å²) in [7, 11) is 0. The first-order chi connectivity index (χ1) is 12.0. The van der Waals surface area contributed by atoms with Crippen LogP contribution in [-0.2, 0) is 0 Å². The van der Waals surface area contributed by atoms with Crippen molar-refractivity contribution in [2.24, 2.45) is 0 Å². The molecule has 1 aliphatic rings. The number of halogens is 2. The lowest BCUT2D eigenvalue weighted by Crippen LogP contribution is -2.40. The zero-order valence-corrected chi connectivity index (χ0v) is 14.6. The Hall–Kier alpha value is -2.11. The third kappa shape index (κ3) is 4.71. The van der Waals surface area contributed by atoms with Crippen LogP contribution in [0.25, 0.3) is 0 Å². The van der Waals surface area contributed by atoms with Gasteiger partial charge in [-0.3, -0.25) is 4.79 Å². The Bertz CT molecular complexity index is 769. The Kier molecular flexibility index (Phi) is 5.56. The van der Waals surface area contributed by atoms with Crippen molar-refractivity contribution in [3.05, 3.63) is 58.9 Å². The molecule has 0 spiro atoms. The third-order valence-corrected chi connectivity index (χ3v) is 4.46. The second-order valence-corrected chi connectivity index (χ2v) is 6.63. The highest BCUT2D eigenvalue weighted by Crippen LogP contribution is 2.24. The molecule has 1 amide bonds. The van der Waals surface area contributed by atoms with E-state index >= 15 is 0 Å². The van der Waals surface area contributed by atoms with E-state index in [2.05, 4.69) is 17.6 Å². The van der Waals surface area contributed by atoms with Crippen molar-refractivity contribution in [3.8, 4) is 5.75 Å². The van der Waals surface area contributed by atoms with Gasteiger partial charge in [-0.25, -0.2) is 4.39 Å². The summed E-state index contributed by atoms with van der Waals surface area (Å²) in [6.45, 7) is 3.07. The van der Waals surface area contributed by atoms with Crippen LogP contribution in [0.15, 0.2) is 42.5 Å². The van der Waals surface area contributed by atoms with Gasteiger partial charge in [0.1, 0.15) is 17.7 Å². The fourth-order valence-corrected chi connectivity index (χ4v) is 3.16. The molecule has 25 heavy (non-hydrogen) atoms. The first kappa shape index (κ1) is 17.7. The zero-order chi connectivity index (χ0) is 17.8.